The van der Waals surface area contributed by atoms with Crippen molar-refractivity contribution in [2.45, 2.75) is 0 Å². The molecular formula is C10H4Cl2N4O2S. The van der Waals surface area contributed by atoms with Crippen LogP contribution in [0.4, 0.5) is 4.79 Å². The standard InChI is InChI=1S/C10H4Cl2N4O2S/c11-5-2-1-4(3-13)7(12)6(5)8-9(16-19-15-8)18-10(14)17/h1-2H,(H2,14,17). The van der Waals surface area contributed by atoms with Crippen LogP contribution in [0.2, 0.25) is 10.0 Å². The van der Waals surface area contributed by atoms with Crippen LogP contribution in [-0.4, -0.2) is 14.8 Å². The number of benzene rings is 1. The van der Waals surface area contributed by atoms with E-state index < -0.39 is 6.09 Å². The highest BCUT2D eigenvalue weighted by molar-refractivity contribution is 6.99. The van der Waals surface area contributed by atoms with Crippen molar-refractivity contribution < 1.29 is 9.53 Å². The average Bonchev–Trinajstić information content (AvgIpc) is 2.77. The summed E-state index contributed by atoms with van der Waals surface area (Å²) in [5.74, 6) is -0.101. The summed E-state index contributed by atoms with van der Waals surface area (Å²) in [5.41, 5.74) is 5.58. The van der Waals surface area contributed by atoms with Gasteiger partial charge in [-0.15, -0.1) is 4.37 Å². The number of primary amides is 1. The van der Waals surface area contributed by atoms with Gasteiger partial charge in [-0.05, 0) is 12.1 Å². The van der Waals surface area contributed by atoms with Gasteiger partial charge < -0.3 is 10.5 Å². The molecular weight excluding hydrogens is 311 g/mol. The van der Waals surface area contributed by atoms with Gasteiger partial charge in [-0.1, -0.05) is 23.2 Å². The molecule has 0 radical (unpaired) electrons. The molecule has 1 aromatic heterocycles. The predicted octanol–water partition coefficient (Wildman–Crippen LogP) is 2.84. The number of amides is 1. The first-order chi connectivity index (χ1) is 9.04. The molecule has 0 unspecified atom stereocenters. The van der Waals surface area contributed by atoms with Gasteiger partial charge in [0.1, 0.15) is 6.07 Å². The number of halogens is 2. The first kappa shape index (κ1) is 13.5. The molecule has 1 aromatic carbocycles. The summed E-state index contributed by atoms with van der Waals surface area (Å²) < 4.78 is 12.4. The number of nitrogens with zero attached hydrogens (tertiary/aromatic N) is 3. The number of nitrogens with two attached hydrogens (primary N) is 1. The van der Waals surface area contributed by atoms with Crippen LogP contribution >= 0.6 is 34.9 Å². The van der Waals surface area contributed by atoms with Gasteiger partial charge >= 0.3 is 6.09 Å². The summed E-state index contributed by atoms with van der Waals surface area (Å²) in [6.07, 6.45) is -1.03. The first-order valence-electron chi connectivity index (χ1n) is 4.73. The third kappa shape index (κ3) is 2.61. The van der Waals surface area contributed by atoms with Crippen molar-refractivity contribution in [3.63, 3.8) is 0 Å². The zero-order valence-corrected chi connectivity index (χ0v) is 11.4. The molecule has 0 aliphatic heterocycles. The molecule has 0 saturated heterocycles. The van der Waals surface area contributed by atoms with Crippen LogP contribution in [0.5, 0.6) is 5.88 Å². The molecule has 2 N–H and O–H groups in total. The van der Waals surface area contributed by atoms with Crippen molar-refractivity contribution in [1.82, 2.24) is 8.75 Å². The Kier molecular flexibility index (Phi) is 3.85. The second kappa shape index (κ2) is 5.40. The normalized spacial score (nSPS) is 9.95. The van der Waals surface area contributed by atoms with Crippen LogP contribution in [0.15, 0.2) is 12.1 Å². The van der Waals surface area contributed by atoms with Crippen molar-refractivity contribution >= 4 is 41.0 Å². The van der Waals surface area contributed by atoms with Crippen molar-refractivity contribution in [3.8, 4) is 23.2 Å². The average molecular weight is 315 g/mol. The Hall–Kier alpha value is -1.88. The summed E-state index contributed by atoms with van der Waals surface area (Å²) >= 11 is 12.9. The Labute approximate surface area is 121 Å². The lowest BCUT2D eigenvalue weighted by Crippen LogP contribution is -2.16. The Bertz CT molecular complexity index is 695. The Morgan fingerprint density at radius 3 is 2.79 bits per heavy atom. The van der Waals surface area contributed by atoms with E-state index in [0.717, 1.165) is 11.7 Å². The van der Waals surface area contributed by atoms with E-state index in [9.17, 15) is 4.79 Å². The van der Waals surface area contributed by atoms with E-state index in [0.29, 0.717) is 0 Å². The summed E-state index contributed by atoms with van der Waals surface area (Å²) in [6, 6.07) is 4.89. The maximum atomic E-state index is 10.8. The highest BCUT2D eigenvalue weighted by Crippen LogP contribution is 2.40. The summed E-state index contributed by atoms with van der Waals surface area (Å²) in [7, 11) is 0. The third-order valence-corrected chi connectivity index (χ3v) is 3.32. The number of carbonyl (C=O) groups excluding carboxylic acids is 1. The van der Waals surface area contributed by atoms with E-state index in [1.165, 1.54) is 12.1 Å². The van der Waals surface area contributed by atoms with E-state index in [1.54, 1.807) is 0 Å². The number of nitriles is 1. The van der Waals surface area contributed by atoms with Gasteiger partial charge in [0.2, 0.25) is 0 Å². The minimum Gasteiger partial charge on any atom is -0.388 e. The van der Waals surface area contributed by atoms with Crippen molar-refractivity contribution in [2.75, 3.05) is 0 Å². The molecule has 0 saturated carbocycles. The molecule has 0 fully saturated rings. The fourth-order valence-electron chi connectivity index (χ4n) is 1.35. The maximum absolute atomic E-state index is 10.8. The monoisotopic (exact) mass is 314 g/mol. The van der Waals surface area contributed by atoms with E-state index in [1.807, 2.05) is 6.07 Å². The molecule has 19 heavy (non-hydrogen) atoms. The van der Waals surface area contributed by atoms with E-state index >= 15 is 0 Å². The van der Waals surface area contributed by atoms with Crippen molar-refractivity contribution in [2.24, 2.45) is 5.73 Å². The van der Waals surface area contributed by atoms with Gasteiger partial charge in [-0.25, -0.2) is 4.79 Å². The molecule has 2 rings (SSSR count). The van der Waals surface area contributed by atoms with Gasteiger partial charge in [0.15, 0.2) is 5.69 Å². The van der Waals surface area contributed by atoms with E-state index in [-0.39, 0.29) is 32.7 Å². The zero-order chi connectivity index (χ0) is 14.0. The smallest absolute Gasteiger partial charge is 0.388 e. The second-order valence-corrected chi connectivity index (χ2v) is 4.55. The lowest BCUT2D eigenvalue weighted by atomic mass is 10.1. The van der Waals surface area contributed by atoms with Gasteiger partial charge in [0, 0.05) is 5.56 Å². The number of carbonyl (C=O) groups is 1. The molecule has 0 aliphatic rings. The van der Waals surface area contributed by atoms with Gasteiger partial charge in [0.05, 0.1) is 27.3 Å². The lowest BCUT2D eigenvalue weighted by Gasteiger charge is -2.06. The highest BCUT2D eigenvalue weighted by Gasteiger charge is 2.21. The minimum absolute atomic E-state index is 0.101. The van der Waals surface area contributed by atoms with Crippen LogP contribution in [0, 0.1) is 11.3 Å². The molecule has 9 heteroatoms. The molecule has 0 spiro atoms. The molecule has 0 atom stereocenters. The van der Waals surface area contributed by atoms with Crippen LogP contribution in [0.25, 0.3) is 11.3 Å². The number of hydrogen-bond acceptors (Lipinski definition) is 6. The highest BCUT2D eigenvalue weighted by atomic mass is 35.5. The van der Waals surface area contributed by atoms with Gasteiger partial charge in [-0.2, -0.15) is 9.64 Å². The number of ether oxygens (including phenoxy) is 1. The van der Waals surface area contributed by atoms with Crippen LogP contribution in [0.3, 0.4) is 0 Å². The van der Waals surface area contributed by atoms with Crippen molar-refractivity contribution in [3.05, 3.63) is 27.7 Å². The van der Waals surface area contributed by atoms with Gasteiger partial charge in [0.25, 0.3) is 5.88 Å². The lowest BCUT2D eigenvalue weighted by molar-refractivity contribution is 0.209. The van der Waals surface area contributed by atoms with Crippen LogP contribution in [-0.2, 0) is 0 Å². The predicted molar refractivity (Wildman–Crippen MR) is 70.3 cm³/mol. The Balaban J connectivity index is 2.63. The summed E-state index contributed by atoms with van der Waals surface area (Å²) in [4.78, 5) is 10.8. The zero-order valence-electron chi connectivity index (χ0n) is 9.05. The molecule has 1 heterocycles. The first-order valence-corrected chi connectivity index (χ1v) is 6.21. The van der Waals surface area contributed by atoms with Crippen LogP contribution in [0.1, 0.15) is 5.56 Å². The molecule has 2 aromatic rings. The minimum atomic E-state index is -1.03. The fraction of sp³-hybridized carbons (Fsp3) is 0. The van der Waals surface area contributed by atoms with E-state index in [2.05, 4.69) is 8.75 Å². The molecule has 1 amide bonds. The summed E-state index contributed by atoms with van der Waals surface area (Å²) in [6.45, 7) is 0. The largest absolute Gasteiger partial charge is 0.411 e. The Morgan fingerprint density at radius 2 is 2.16 bits per heavy atom. The Morgan fingerprint density at radius 1 is 1.42 bits per heavy atom. The molecule has 96 valence electrons. The SMILES string of the molecule is N#Cc1ccc(Cl)c(-c2nsnc2OC(N)=O)c1Cl. The molecule has 0 bridgehead atoms. The number of rotatable bonds is 2. The second-order valence-electron chi connectivity index (χ2n) is 3.23. The number of hydrogen-bond donors (Lipinski definition) is 1. The van der Waals surface area contributed by atoms with Crippen molar-refractivity contribution in [1.29, 1.82) is 5.26 Å². The maximum Gasteiger partial charge on any atom is 0.411 e. The summed E-state index contributed by atoms with van der Waals surface area (Å²) in [5, 5.41) is 9.29. The molecule has 6 nitrogen and oxygen atoms in total. The van der Waals surface area contributed by atoms with Gasteiger partial charge in [-0.3, -0.25) is 0 Å². The number of aromatic nitrogens is 2. The third-order valence-electron chi connectivity index (χ3n) is 2.10. The quantitative estimate of drug-likeness (QED) is 0.918. The fourth-order valence-corrected chi connectivity index (χ4v) is 2.43. The van der Waals surface area contributed by atoms with E-state index in [4.69, 9.17) is 38.9 Å². The molecule has 0 aliphatic carbocycles. The van der Waals surface area contributed by atoms with Crippen LogP contribution < -0.4 is 10.5 Å². The topological polar surface area (TPSA) is 102 Å².